The number of fused-ring (bicyclic) bond motifs is 3. The Hall–Kier alpha value is -1.95. The number of Topliss-reactive ketones (excluding diaryl/α,β-unsaturated/α-hetero) is 1. The first-order valence-electron chi connectivity index (χ1n) is 6.89. The minimum Gasteiger partial charge on any atom is -0.338 e. The third kappa shape index (κ3) is 3.05. The number of para-hydroxylation sites is 1. The summed E-state index contributed by atoms with van der Waals surface area (Å²) in [7, 11) is 0. The summed E-state index contributed by atoms with van der Waals surface area (Å²) in [6.45, 7) is 4.08. The lowest BCUT2D eigenvalue weighted by Gasteiger charge is -2.02. The predicted octanol–water partition coefficient (Wildman–Crippen LogP) is 3.21. The van der Waals surface area contributed by atoms with Crippen LogP contribution in [-0.4, -0.2) is 31.7 Å². The van der Waals surface area contributed by atoms with E-state index >= 15 is 0 Å². The van der Waals surface area contributed by atoms with Gasteiger partial charge in [-0.2, -0.15) is 0 Å². The van der Waals surface area contributed by atoms with Crippen molar-refractivity contribution in [1.29, 1.82) is 0 Å². The maximum atomic E-state index is 11.7. The number of H-pyrrole nitrogens is 1. The molecule has 1 aromatic carbocycles. The van der Waals surface area contributed by atoms with Crippen molar-refractivity contribution in [3.8, 4) is 0 Å². The molecule has 0 spiro atoms. The summed E-state index contributed by atoms with van der Waals surface area (Å²) in [6, 6.07) is 7.90. The molecular formula is C15H16N4OS. The van der Waals surface area contributed by atoms with Gasteiger partial charge in [0.05, 0.1) is 5.75 Å². The number of ketones is 1. The molecule has 0 aliphatic heterocycles. The Bertz CT molecular complexity index is 797. The molecular weight excluding hydrogens is 284 g/mol. The molecule has 0 atom stereocenters. The van der Waals surface area contributed by atoms with Crippen LogP contribution in [0.15, 0.2) is 29.4 Å². The first-order valence-corrected chi connectivity index (χ1v) is 7.87. The third-order valence-electron chi connectivity index (χ3n) is 3.10. The summed E-state index contributed by atoms with van der Waals surface area (Å²) in [5.74, 6) is 0.995. The number of carbonyl (C=O) groups is 1. The average molecular weight is 300 g/mol. The number of carbonyl (C=O) groups excluding carboxylic acids is 1. The van der Waals surface area contributed by atoms with Crippen molar-refractivity contribution in [2.75, 3.05) is 5.75 Å². The molecule has 0 radical (unpaired) electrons. The van der Waals surface area contributed by atoms with Gasteiger partial charge in [-0.05, 0) is 12.0 Å². The van der Waals surface area contributed by atoms with Crippen molar-refractivity contribution < 1.29 is 4.79 Å². The average Bonchev–Trinajstić information content (AvgIpc) is 2.82. The molecule has 2 aromatic heterocycles. The number of aromatic amines is 1. The Labute approximate surface area is 126 Å². The normalized spacial score (nSPS) is 11.6. The molecule has 2 heterocycles. The molecule has 21 heavy (non-hydrogen) atoms. The van der Waals surface area contributed by atoms with E-state index in [1.54, 1.807) is 0 Å². The van der Waals surface area contributed by atoms with E-state index in [1.807, 2.05) is 38.1 Å². The van der Waals surface area contributed by atoms with Gasteiger partial charge < -0.3 is 4.98 Å². The van der Waals surface area contributed by atoms with Crippen molar-refractivity contribution in [3.63, 3.8) is 0 Å². The van der Waals surface area contributed by atoms with Crippen molar-refractivity contribution in [1.82, 2.24) is 20.2 Å². The predicted molar refractivity (Wildman–Crippen MR) is 84.4 cm³/mol. The van der Waals surface area contributed by atoms with E-state index in [2.05, 4.69) is 20.2 Å². The zero-order valence-electron chi connectivity index (χ0n) is 12.0. The number of hydrogen-bond acceptors (Lipinski definition) is 5. The number of nitrogens with one attached hydrogen (secondary N) is 1. The number of nitrogens with zero attached hydrogens (tertiary/aromatic N) is 3. The zero-order valence-corrected chi connectivity index (χ0v) is 12.8. The zero-order chi connectivity index (χ0) is 14.8. The largest absolute Gasteiger partial charge is 0.338 e. The summed E-state index contributed by atoms with van der Waals surface area (Å²) in [5.41, 5.74) is 2.47. The number of aromatic nitrogens is 4. The molecule has 3 rings (SSSR count). The van der Waals surface area contributed by atoms with Gasteiger partial charge >= 0.3 is 0 Å². The van der Waals surface area contributed by atoms with Gasteiger partial charge in [-0.1, -0.05) is 43.8 Å². The summed E-state index contributed by atoms with van der Waals surface area (Å²) in [5, 5.41) is 9.89. The van der Waals surface area contributed by atoms with Gasteiger partial charge in [0.2, 0.25) is 5.16 Å². The van der Waals surface area contributed by atoms with Crippen LogP contribution in [0.4, 0.5) is 0 Å². The van der Waals surface area contributed by atoms with E-state index < -0.39 is 0 Å². The van der Waals surface area contributed by atoms with Crippen LogP contribution in [0.3, 0.4) is 0 Å². The van der Waals surface area contributed by atoms with Crippen LogP contribution in [0.2, 0.25) is 0 Å². The molecule has 0 amide bonds. The first kappa shape index (κ1) is 14.0. The highest BCUT2D eigenvalue weighted by atomic mass is 32.2. The SMILES string of the molecule is CC(C)CC(=O)CSc1nnc2c(n1)[nH]c1ccccc12. The second-order valence-corrected chi connectivity index (χ2v) is 6.33. The Morgan fingerprint density at radius 1 is 1.29 bits per heavy atom. The van der Waals surface area contributed by atoms with Crippen LogP contribution >= 0.6 is 11.8 Å². The fraction of sp³-hybridized carbons (Fsp3) is 0.333. The Balaban J connectivity index is 1.81. The molecule has 1 N–H and O–H groups in total. The molecule has 0 aliphatic carbocycles. The van der Waals surface area contributed by atoms with Gasteiger partial charge in [0.1, 0.15) is 11.3 Å². The maximum absolute atomic E-state index is 11.7. The lowest BCUT2D eigenvalue weighted by atomic mass is 10.1. The van der Waals surface area contributed by atoms with Crippen LogP contribution < -0.4 is 0 Å². The number of hydrogen-bond donors (Lipinski definition) is 1. The van der Waals surface area contributed by atoms with Gasteiger partial charge in [-0.15, -0.1) is 10.2 Å². The molecule has 6 heteroatoms. The minimum absolute atomic E-state index is 0.218. The second-order valence-electron chi connectivity index (χ2n) is 5.39. The smallest absolute Gasteiger partial charge is 0.211 e. The summed E-state index contributed by atoms with van der Waals surface area (Å²) in [4.78, 5) is 19.4. The lowest BCUT2D eigenvalue weighted by Crippen LogP contribution is -2.06. The van der Waals surface area contributed by atoms with Gasteiger partial charge in [0.15, 0.2) is 5.65 Å². The van der Waals surface area contributed by atoms with E-state index in [4.69, 9.17) is 0 Å². The van der Waals surface area contributed by atoms with Crippen LogP contribution in [0.5, 0.6) is 0 Å². The van der Waals surface area contributed by atoms with E-state index in [1.165, 1.54) is 11.8 Å². The quantitative estimate of drug-likeness (QED) is 0.733. The van der Waals surface area contributed by atoms with Crippen molar-refractivity contribution in [2.45, 2.75) is 25.4 Å². The number of rotatable bonds is 5. The van der Waals surface area contributed by atoms with Crippen LogP contribution in [0.1, 0.15) is 20.3 Å². The highest BCUT2D eigenvalue weighted by molar-refractivity contribution is 7.99. The fourth-order valence-electron chi connectivity index (χ4n) is 2.23. The first-order chi connectivity index (χ1) is 10.1. The Morgan fingerprint density at radius 3 is 2.90 bits per heavy atom. The molecule has 5 nitrogen and oxygen atoms in total. The second kappa shape index (κ2) is 5.81. The monoisotopic (exact) mass is 300 g/mol. The van der Waals surface area contributed by atoms with Gasteiger partial charge in [-0.25, -0.2) is 4.98 Å². The molecule has 0 unspecified atom stereocenters. The van der Waals surface area contributed by atoms with Crippen molar-refractivity contribution in [2.24, 2.45) is 5.92 Å². The van der Waals surface area contributed by atoms with E-state index in [9.17, 15) is 4.79 Å². The Kier molecular flexibility index (Phi) is 3.88. The van der Waals surface area contributed by atoms with Crippen LogP contribution in [-0.2, 0) is 4.79 Å². The highest BCUT2D eigenvalue weighted by Gasteiger charge is 2.11. The van der Waals surface area contributed by atoms with E-state index in [-0.39, 0.29) is 5.78 Å². The Morgan fingerprint density at radius 2 is 2.10 bits per heavy atom. The standard InChI is InChI=1S/C15H16N4OS/c1-9(2)7-10(20)8-21-15-17-14-13(18-19-15)11-5-3-4-6-12(11)16-14/h3-6,9H,7-8H2,1-2H3,(H,16,17,19). The summed E-state index contributed by atoms with van der Waals surface area (Å²) >= 11 is 1.34. The summed E-state index contributed by atoms with van der Waals surface area (Å²) < 4.78 is 0. The van der Waals surface area contributed by atoms with Crippen molar-refractivity contribution >= 4 is 39.6 Å². The molecule has 0 fully saturated rings. The molecule has 0 bridgehead atoms. The third-order valence-corrected chi connectivity index (χ3v) is 4.00. The summed E-state index contributed by atoms with van der Waals surface area (Å²) in [6.07, 6.45) is 0.592. The van der Waals surface area contributed by atoms with E-state index in [0.29, 0.717) is 28.9 Å². The maximum Gasteiger partial charge on any atom is 0.211 e. The topological polar surface area (TPSA) is 71.5 Å². The van der Waals surface area contributed by atoms with Crippen molar-refractivity contribution in [3.05, 3.63) is 24.3 Å². The van der Waals surface area contributed by atoms with Gasteiger partial charge in [0.25, 0.3) is 0 Å². The van der Waals surface area contributed by atoms with Gasteiger partial charge in [-0.3, -0.25) is 4.79 Å². The molecule has 0 saturated heterocycles. The minimum atomic E-state index is 0.218. The molecule has 0 saturated carbocycles. The van der Waals surface area contributed by atoms with Crippen LogP contribution in [0.25, 0.3) is 22.1 Å². The lowest BCUT2D eigenvalue weighted by molar-refractivity contribution is -0.117. The van der Waals surface area contributed by atoms with E-state index in [0.717, 1.165) is 16.4 Å². The fourth-order valence-corrected chi connectivity index (χ4v) is 2.89. The molecule has 3 aromatic rings. The van der Waals surface area contributed by atoms with Crippen LogP contribution in [0, 0.1) is 5.92 Å². The number of benzene rings is 1. The van der Waals surface area contributed by atoms with Gasteiger partial charge in [0, 0.05) is 17.3 Å². The highest BCUT2D eigenvalue weighted by Crippen LogP contribution is 2.23. The molecule has 108 valence electrons. The number of thioether (sulfide) groups is 1. The molecule has 0 aliphatic rings.